The molecule has 2 unspecified atom stereocenters. The molecule has 18 heavy (non-hydrogen) atoms. The summed E-state index contributed by atoms with van der Waals surface area (Å²) in [6.07, 6.45) is 5.50. The lowest BCUT2D eigenvalue weighted by Gasteiger charge is -2.42. The molecule has 0 radical (unpaired) electrons. The Morgan fingerprint density at radius 2 is 2.28 bits per heavy atom. The summed E-state index contributed by atoms with van der Waals surface area (Å²) in [5.41, 5.74) is 1.46. The lowest BCUT2D eigenvalue weighted by molar-refractivity contribution is -0.0997. The maximum Gasteiger partial charge on any atom is 0.0898 e. The third kappa shape index (κ3) is 1.97. The Morgan fingerprint density at radius 3 is 2.89 bits per heavy atom. The van der Waals surface area contributed by atoms with Crippen molar-refractivity contribution in [1.29, 1.82) is 0 Å². The molecule has 100 valence electrons. The number of aryl methyl sites for hydroxylation is 1. The van der Waals surface area contributed by atoms with Gasteiger partial charge in [0.05, 0.1) is 23.9 Å². The van der Waals surface area contributed by atoms with E-state index in [0.717, 1.165) is 31.7 Å². The Kier molecular flexibility index (Phi) is 2.75. The molecule has 1 aliphatic carbocycles. The number of nitrogens with one attached hydrogen (secondary N) is 1. The van der Waals surface area contributed by atoms with Gasteiger partial charge in [-0.25, -0.2) is 0 Å². The van der Waals surface area contributed by atoms with Gasteiger partial charge >= 0.3 is 0 Å². The topological polar surface area (TPSA) is 39.1 Å². The van der Waals surface area contributed by atoms with Crippen LogP contribution in [-0.2, 0) is 11.8 Å². The summed E-state index contributed by atoms with van der Waals surface area (Å²) < 4.78 is 8.10. The minimum absolute atomic E-state index is 0.0455. The molecule has 2 atom stereocenters. The SMILES string of the molecule is Cn1ccc(C2NCCOC23CCC(C)(C)C3)n1. The van der Waals surface area contributed by atoms with Crippen molar-refractivity contribution in [1.82, 2.24) is 15.1 Å². The van der Waals surface area contributed by atoms with Crippen molar-refractivity contribution in [3.63, 3.8) is 0 Å². The highest BCUT2D eigenvalue weighted by Gasteiger charge is 2.51. The highest BCUT2D eigenvalue weighted by Crippen LogP contribution is 2.51. The van der Waals surface area contributed by atoms with Gasteiger partial charge in [-0.2, -0.15) is 5.10 Å². The van der Waals surface area contributed by atoms with Crippen molar-refractivity contribution in [2.45, 2.75) is 44.8 Å². The van der Waals surface area contributed by atoms with Crippen LogP contribution in [0.3, 0.4) is 0 Å². The molecular formula is C14H23N3O. The number of morpholine rings is 1. The van der Waals surface area contributed by atoms with Crippen LogP contribution in [0.2, 0.25) is 0 Å². The zero-order valence-corrected chi connectivity index (χ0v) is 11.6. The molecule has 2 heterocycles. The second-order valence-electron chi connectivity index (χ2n) is 6.56. The van der Waals surface area contributed by atoms with Crippen molar-refractivity contribution in [2.75, 3.05) is 13.2 Å². The summed E-state index contributed by atoms with van der Waals surface area (Å²) in [7, 11) is 1.97. The van der Waals surface area contributed by atoms with Gasteiger partial charge in [0, 0.05) is 19.8 Å². The van der Waals surface area contributed by atoms with Gasteiger partial charge in [-0.1, -0.05) is 13.8 Å². The van der Waals surface area contributed by atoms with Crippen LogP contribution in [-0.4, -0.2) is 28.5 Å². The summed E-state index contributed by atoms with van der Waals surface area (Å²) in [5.74, 6) is 0. The highest BCUT2D eigenvalue weighted by atomic mass is 16.5. The number of aromatic nitrogens is 2. The first-order chi connectivity index (χ1) is 8.51. The Hall–Kier alpha value is -0.870. The predicted octanol–water partition coefficient (Wildman–Crippen LogP) is 2.03. The lowest BCUT2D eigenvalue weighted by Crippen LogP contribution is -2.51. The molecule has 2 fully saturated rings. The van der Waals surface area contributed by atoms with Gasteiger partial charge in [-0.3, -0.25) is 4.68 Å². The Morgan fingerprint density at radius 1 is 1.44 bits per heavy atom. The van der Waals surface area contributed by atoms with Crippen LogP contribution in [0.25, 0.3) is 0 Å². The van der Waals surface area contributed by atoms with Crippen molar-refractivity contribution in [3.05, 3.63) is 18.0 Å². The highest BCUT2D eigenvalue weighted by molar-refractivity contribution is 5.16. The van der Waals surface area contributed by atoms with Crippen molar-refractivity contribution in [2.24, 2.45) is 12.5 Å². The first kappa shape index (κ1) is 12.2. The van der Waals surface area contributed by atoms with Crippen molar-refractivity contribution < 1.29 is 4.74 Å². The third-order valence-electron chi connectivity index (χ3n) is 4.40. The van der Waals surface area contributed by atoms with Gasteiger partial charge in [0.15, 0.2) is 0 Å². The zero-order chi connectivity index (χ0) is 12.8. The average molecular weight is 249 g/mol. The molecule has 1 N–H and O–H groups in total. The Balaban J connectivity index is 1.91. The Bertz CT molecular complexity index is 440. The monoisotopic (exact) mass is 249 g/mol. The second-order valence-corrected chi connectivity index (χ2v) is 6.56. The summed E-state index contributed by atoms with van der Waals surface area (Å²) in [6, 6.07) is 2.36. The van der Waals surface area contributed by atoms with E-state index >= 15 is 0 Å². The van der Waals surface area contributed by atoms with Crippen LogP contribution in [0.15, 0.2) is 12.3 Å². The molecule has 1 saturated carbocycles. The summed E-state index contributed by atoms with van der Waals surface area (Å²) in [5, 5.41) is 8.19. The quantitative estimate of drug-likeness (QED) is 0.827. The maximum absolute atomic E-state index is 6.23. The van der Waals surface area contributed by atoms with Crippen LogP contribution < -0.4 is 5.32 Å². The maximum atomic E-state index is 6.23. The molecule has 0 amide bonds. The van der Waals surface area contributed by atoms with Gasteiger partial charge in [0.25, 0.3) is 0 Å². The van der Waals surface area contributed by atoms with E-state index in [-0.39, 0.29) is 11.6 Å². The zero-order valence-electron chi connectivity index (χ0n) is 11.6. The fourth-order valence-corrected chi connectivity index (χ4v) is 3.59. The first-order valence-corrected chi connectivity index (χ1v) is 6.88. The predicted molar refractivity (Wildman–Crippen MR) is 70.3 cm³/mol. The number of nitrogens with zero attached hydrogens (tertiary/aromatic N) is 2. The van der Waals surface area contributed by atoms with E-state index in [1.54, 1.807) is 0 Å². The van der Waals surface area contributed by atoms with Crippen LogP contribution >= 0.6 is 0 Å². The summed E-state index contributed by atoms with van der Waals surface area (Å²) in [6.45, 7) is 6.42. The van der Waals surface area contributed by atoms with E-state index in [0.29, 0.717) is 5.41 Å². The number of hydrogen-bond donors (Lipinski definition) is 1. The van der Waals surface area contributed by atoms with E-state index in [4.69, 9.17) is 4.74 Å². The minimum atomic E-state index is -0.0455. The molecule has 0 aromatic carbocycles. The van der Waals surface area contributed by atoms with Gasteiger partial charge < -0.3 is 10.1 Å². The smallest absolute Gasteiger partial charge is 0.0898 e. The molecule has 0 bridgehead atoms. The lowest BCUT2D eigenvalue weighted by atomic mass is 9.83. The van der Waals surface area contributed by atoms with Crippen molar-refractivity contribution >= 4 is 0 Å². The molecule has 1 aromatic heterocycles. The molecule has 4 nitrogen and oxygen atoms in total. The van der Waals surface area contributed by atoms with E-state index in [1.807, 2.05) is 17.9 Å². The molecule has 4 heteroatoms. The van der Waals surface area contributed by atoms with E-state index in [1.165, 1.54) is 6.42 Å². The average Bonchev–Trinajstić information content (AvgIpc) is 2.85. The first-order valence-electron chi connectivity index (χ1n) is 6.88. The standard InChI is InChI=1S/C14H23N3O/c1-13(2)5-6-14(10-13)12(15-7-9-18-14)11-4-8-17(3)16-11/h4,8,12,15H,5-7,9-10H2,1-3H3. The summed E-state index contributed by atoms with van der Waals surface area (Å²) >= 11 is 0. The normalized spacial score (nSPS) is 35.2. The number of rotatable bonds is 1. The molecule has 2 aliphatic rings. The molecule has 1 saturated heterocycles. The Labute approximate surface area is 109 Å². The van der Waals surface area contributed by atoms with Gasteiger partial charge in [0.2, 0.25) is 0 Å². The van der Waals surface area contributed by atoms with Gasteiger partial charge in [-0.05, 0) is 30.7 Å². The second kappa shape index (κ2) is 4.07. The summed E-state index contributed by atoms with van der Waals surface area (Å²) in [4.78, 5) is 0. The van der Waals surface area contributed by atoms with Gasteiger partial charge in [-0.15, -0.1) is 0 Å². The van der Waals surface area contributed by atoms with Gasteiger partial charge in [0.1, 0.15) is 0 Å². The van der Waals surface area contributed by atoms with Crippen LogP contribution in [0, 0.1) is 5.41 Å². The third-order valence-corrected chi connectivity index (χ3v) is 4.40. The van der Waals surface area contributed by atoms with E-state index in [9.17, 15) is 0 Å². The van der Waals surface area contributed by atoms with E-state index < -0.39 is 0 Å². The van der Waals surface area contributed by atoms with Crippen LogP contribution in [0.5, 0.6) is 0 Å². The van der Waals surface area contributed by atoms with Crippen LogP contribution in [0.4, 0.5) is 0 Å². The minimum Gasteiger partial charge on any atom is -0.372 e. The van der Waals surface area contributed by atoms with E-state index in [2.05, 4.69) is 30.3 Å². The molecule has 1 aliphatic heterocycles. The number of ether oxygens (including phenoxy) is 1. The number of hydrogen-bond acceptors (Lipinski definition) is 3. The fraction of sp³-hybridized carbons (Fsp3) is 0.786. The molecule has 1 spiro atoms. The van der Waals surface area contributed by atoms with Crippen LogP contribution in [0.1, 0.15) is 44.8 Å². The molecule has 1 aromatic rings. The largest absolute Gasteiger partial charge is 0.372 e. The van der Waals surface area contributed by atoms with Crippen molar-refractivity contribution in [3.8, 4) is 0 Å². The fourth-order valence-electron chi connectivity index (χ4n) is 3.59. The molecule has 3 rings (SSSR count). The molecular weight excluding hydrogens is 226 g/mol.